The predicted octanol–water partition coefficient (Wildman–Crippen LogP) is 8.40. The summed E-state index contributed by atoms with van der Waals surface area (Å²) in [6, 6.07) is 5.48. The van der Waals surface area contributed by atoms with Crippen molar-refractivity contribution in [3.63, 3.8) is 0 Å². The van der Waals surface area contributed by atoms with Crippen molar-refractivity contribution >= 4 is 51.7 Å². The SMILES string of the molecule is COc1cc(C(=O)OC(C)(C)C)cc(-c2cnc(N3CC4C(C=Cc5c(-c6c(Cl)cncc6Cl)noc5C5CC5)C4C3)s2)c1. The molecular weight excluding hydrogens is 619 g/mol. The third-order valence-electron chi connectivity index (χ3n) is 8.36. The number of piperidine rings is 1. The van der Waals surface area contributed by atoms with E-state index in [1.54, 1.807) is 36.9 Å². The number of thiazole rings is 1. The van der Waals surface area contributed by atoms with Crippen LogP contribution < -0.4 is 9.64 Å². The number of allylic oxidation sites excluding steroid dienone is 1. The summed E-state index contributed by atoms with van der Waals surface area (Å²) < 4.78 is 16.9. The molecule has 3 aliphatic rings. The van der Waals surface area contributed by atoms with E-state index >= 15 is 0 Å². The summed E-state index contributed by atoms with van der Waals surface area (Å²) in [4.78, 5) is 24.9. The minimum absolute atomic E-state index is 0.379. The van der Waals surface area contributed by atoms with Crippen molar-refractivity contribution in [1.29, 1.82) is 0 Å². The molecule has 11 heteroatoms. The van der Waals surface area contributed by atoms with Gasteiger partial charge in [-0.3, -0.25) is 4.98 Å². The Kier molecular flexibility index (Phi) is 7.46. The molecule has 0 radical (unpaired) electrons. The largest absolute Gasteiger partial charge is 0.497 e. The first kappa shape index (κ1) is 29.3. The maximum atomic E-state index is 12.8. The number of hydrogen-bond donors (Lipinski definition) is 0. The van der Waals surface area contributed by atoms with Gasteiger partial charge in [0.25, 0.3) is 0 Å². The number of fused-ring (bicyclic) bond motifs is 1. The van der Waals surface area contributed by atoms with Crippen LogP contribution in [-0.4, -0.2) is 46.9 Å². The Morgan fingerprint density at radius 1 is 1.09 bits per heavy atom. The van der Waals surface area contributed by atoms with Gasteiger partial charge in [0.1, 0.15) is 22.8 Å². The van der Waals surface area contributed by atoms with Crippen molar-refractivity contribution < 1.29 is 18.8 Å². The van der Waals surface area contributed by atoms with E-state index in [-0.39, 0.29) is 5.97 Å². The third kappa shape index (κ3) is 5.73. The normalized spacial score (nSPS) is 21.1. The van der Waals surface area contributed by atoms with Gasteiger partial charge < -0.3 is 18.9 Å². The zero-order valence-corrected chi connectivity index (χ0v) is 27.2. The van der Waals surface area contributed by atoms with E-state index in [0.29, 0.717) is 56.3 Å². The maximum Gasteiger partial charge on any atom is 0.338 e. The predicted molar refractivity (Wildman–Crippen MR) is 173 cm³/mol. The van der Waals surface area contributed by atoms with Gasteiger partial charge in [-0.2, -0.15) is 0 Å². The summed E-state index contributed by atoms with van der Waals surface area (Å²) in [6.45, 7) is 7.46. The number of halogens is 2. The summed E-state index contributed by atoms with van der Waals surface area (Å²) >= 11 is 14.6. The second-order valence-electron chi connectivity index (χ2n) is 12.7. The van der Waals surface area contributed by atoms with Crippen LogP contribution in [0.15, 0.2) is 47.4 Å². The number of ether oxygens (including phenoxy) is 2. The lowest BCUT2D eigenvalue weighted by Crippen LogP contribution is -2.23. The molecule has 4 aromatic rings. The molecule has 8 nitrogen and oxygen atoms in total. The van der Waals surface area contributed by atoms with Crippen LogP contribution >= 0.6 is 34.5 Å². The highest BCUT2D eigenvalue weighted by molar-refractivity contribution is 7.18. The molecule has 3 fully saturated rings. The number of pyridine rings is 1. The number of aromatic nitrogens is 3. The average Bonchev–Trinajstić information content (AvgIpc) is 3.71. The van der Waals surface area contributed by atoms with E-state index in [1.165, 1.54) is 0 Å². The number of esters is 1. The van der Waals surface area contributed by atoms with Gasteiger partial charge in [-0.15, -0.1) is 0 Å². The van der Waals surface area contributed by atoms with Gasteiger partial charge in [0, 0.05) is 48.7 Å². The first-order valence-electron chi connectivity index (χ1n) is 14.7. The first-order chi connectivity index (χ1) is 21.1. The molecule has 3 aromatic heterocycles. The molecule has 1 aromatic carbocycles. The van der Waals surface area contributed by atoms with Crippen LogP contribution in [0.5, 0.6) is 5.75 Å². The Labute approximate surface area is 270 Å². The molecule has 2 saturated carbocycles. The minimum atomic E-state index is -0.583. The van der Waals surface area contributed by atoms with Crippen LogP contribution in [0.3, 0.4) is 0 Å². The van der Waals surface area contributed by atoms with Crippen molar-refractivity contribution in [2.75, 3.05) is 25.1 Å². The van der Waals surface area contributed by atoms with Crippen molar-refractivity contribution in [2.45, 2.75) is 45.1 Å². The molecule has 2 unspecified atom stereocenters. The molecule has 4 heterocycles. The van der Waals surface area contributed by atoms with E-state index in [4.69, 9.17) is 42.2 Å². The first-order valence-corrected chi connectivity index (χ1v) is 16.3. The van der Waals surface area contributed by atoms with Crippen LogP contribution in [0.1, 0.15) is 61.2 Å². The smallest absolute Gasteiger partial charge is 0.338 e. The lowest BCUT2D eigenvalue weighted by atomic mass is 10.0. The number of hydrogen-bond acceptors (Lipinski definition) is 9. The van der Waals surface area contributed by atoms with E-state index in [1.807, 2.05) is 39.1 Å². The van der Waals surface area contributed by atoms with Gasteiger partial charge in [0.2, 0.25) is 0 Å². The summed E-state index contributed by atoms with van der Waals surface area (Å²) in [5.74, 6) is 3.15. The summed E-state index contributed by atoms with van der Waals surface area (Å²) in [6.07, 6.45) is 11.7. The van der Waals surface area contributed by atoms with Gasteiger partial charge >= 0.3 is 5.97 Å². The fourth-order valence-electron chi connectivity index (χ4n) is 6.01. The Balaban J connectivity index is 1.05. The van der Waals surface area contributed by atoms with Crippen molar-refractivity contribution in [2.24, 2.45) is 17.8 Å². The second kappa shape index (κ2) is 11.2. The van der Waals surface area contributed by atoms with Crippen LogP contribution in [-0.2, 0) is 4.74 Å². The van der Waals surface area contributed by atoms with Crippen molar-refractivity contribution in [3.05, 3.63) is 69.8 Å². The maximum absolute atomic E-state index is 12.8. The van der Waals surface area contributed by atoms with Gasteiger partial charge in [-0.25, -0.2) is 9.78 Å². The van der Waals surface area contributed by atoms with Gasteiger partial charge in [0.15, 0.2) is 5.13 Å². The number of benzene rings is 1. The lowest BCUT2D eigenvalue weighted by molar-refractivity contribution is 0.00692. The fraction of sp³-hybridized carbons (Fsp3) is 0.394. The molecule has 228 valence electrons. The third-order valence-corrected chi connectivity index (χ3v) is 10.0. The van der Waals surface area contributed by atoms with Crippen LogP contribution in [0, 0.1) is 17.8 Å². The number of rotatable bonds is 8. The van der Waals surface area contributed by atoms with E-state index in [9.17, 15) is 4.79 Å². The monoisotopic (exact) mass is 650 g/mol. The summed E-state index contributed by atoms with van der Waals surface area (Å²) in [5.41, 5.74) is 3.06. The zero-order valence-electron chi connectivity index (χ0n) is 24.8. The molecule has 0 bridgehead atoms. The minimum Gasteiger partial charge on any atom is -0.497 e. The lowest BCUT2D eigenvalue weighted by Gasteiger charge is -2.20. The number of anilines is 1. The molecule has 44 heavy (non-hydrogen) atoms. The Morgan fingerprint density at radius 3 is 2.48 bits per heavy atom. The average molecular weight is 652 g/mol. The molecule has 0 spiro atoms. The van der Waals surface area contributed by atoms with Crippen molar-refractivity contribution in [1.82, 2.24) is 15.1 Å². The molecule has 2 aliphatic carbocycles. The number of carbonyl (C=O) groups excluding carboxylic acids is 1. The van der Waals surface area contributed by atoms with E-state index in [2.05, 4.69) is 27.2 Å². The number of methoxy groups -OCH3 is 1. The van der Waals surface area contributed by atoms with Crippen LogP contribution in [0.4, 0.5) is 5.13 Å². The summed E-state index contributed by atoms with van der Waals surface area (Å²) in [7, 11) is 1.59. The zero-order chi connectivity index (χ0) is 30.7. The topological polar surface area (TPSA) is 90.6 Å². The Bertz CT molecular complexity index is 1740. The molecule has 1 saturated heterocycles. The standard InChI is InChI=1S/C33H32Cl2N4O4S/c1-33(2,3)42-31(40)19-9-18(10-20(11-19)41-4)27-14-37-32(44-27)39-15-23-21(24(23)16-39)7-8-22-29(38-43-30(22)17-5-6-17)28-25(34)12-36-13-26(28)35/h7-14,17,21,23-24H,5-6,15-16H2,1-4H3. The van der Waals surface area contributed by atoms with Gasteiger partial charge in [-0.05, 0) is 75.1 Å². The molecule has 0 amide bonds. The van der Waals surface area contributed by atoms with E-state index in [0.717, 1.165) is 52.8 Å². The fourth-order valence-corrected chi connectivity index (χ4v) is 7.47. The van der Waals surface area contributed by atoms with Crippen molar-refractivity contribution in [3.8, 4) is 27.4 Å². The number of nitrogens with zero attached hydrogens (tertiary/aromatic N) is 4. The highest BCUT2D eigenvalue weighted by Crippen LogP contribution is 2.55. The highest BCUT2D eigenvalue weighted by Gasteiger charge is 2.54. The van der Waals surface area contributed by atoms with Gasteiger partial charge in [-0.1, -0.05) is 51.8 Å². The molecule has 2 atom stereocenters. The Morgan fingerprint density at radius 2 is 1.82 bits per heavy atom. The molecular formula is C33H32Cl2N4O4S. The van der Waals surface area contributed by atoms with E-state index < -0.39 is 5.60 Å². The van der Waals surface area contributed by atoms with Gasteiger partial charge in [0.05, 0.1) is 27.6 Å². The molecule has 7 rings (SSSR count). The quantitative estimate of drug-likeness (QED) is 0.176. The second-order valence-corrected chi connectivity index (χ2v) is 14.5. The Hall–Kier alpha value is -3.40. The highest BCUT2D eigenvalue weighted by atomic mass is 35.5. The van der Waals surface area contributed by atoms with Crippen LogP contribution in [0.2, 0.25) is 10.0 Å². The summed E-state index contributed by atoms with van der Waals surface area (Å²) in [5, 5.41) is 6.29. The molecule has 0 N–H and O–H groups in total. The number of carbonyl (C=O) groups is 1. The van der Waals surface area contributed by atoms with Crippen LogP contribution in [0.25, 0.3) is 27.8 Å². The molecule has 1 aliphatic heterocycles.